The number of likely N-dealkylation sites (N-methyl/N-ethyl adjacent to an activating group) is 1. The molecule has 0 aliphatic heterocycles. The molecule has 1 aliphatic rings. The Hall–Kier alpha value is -2.47. The second kappa shape index (κ2) is 7.41. The zero-order chi connectivity index (χ0) is 18.8. The smallest absolute Gasteiger partial charge is 0.270 e. The number of nitrogens with one attached hydrogen (secondary N) is 1. The van der Waals surface area contributed by atoms with Crippen LogP contribution < -0.4 is 11.1 Å². The molecule has 0 spiro atoms. The molecular weight excluding hydrogens is 394 g/mol. The molecule has 6 heteroatoms. The third kappa shape index (κ3) is 3.85. The SMILES string of the molecule is CNC(=O)C(=Nc1ccc(Br)cc1)c1cc(C2CC2)c(C(C)=O)cc1N. The van der Waals surface area contributed by atoms with Gasteiger partial charge in [0.05, 0.1) is 5.69 Å². The Balaban J connectivity index is 2.15. The molecule has 1 aliphatic carbocycles. The Bertz CT molecular complexity index is 900. The van der Waals surface area contributed by atoms with E-state index in [1.54, 1.807) is 13.1 Å². The summed E-state index contributed by atoms with van der Waals surface area (Å²) in [6.07, 6.45) is 2.09. The van der Waals surface area contributed by atoms with Gasteiger partial charge in [-0.1, -0.05) is 15.9 Å². The van der Waals surface area contributed by atoms with Gasteiger partial charge in [-0.2, -0.15) is 0 Å². The number of rotatable bonds is 5. The highest BCUT2D eigenvalue weighted by Gasteiger charge is 2.29. The van der Waals surface area contributed by atoms with E-state index in [1.807, 2.05) is 30.3 Å². The molecule has 1 amide bonds. The lowest BCUT2D eigenvalue weighted by Crippen LogP contribution is -2.29. The van der Waals surface area contributed by atoms with Gasteiger partial charge < -0.3 is 11.1 Å². The highest BCUT2D eigenvalue weighted by molar-refractivity contribution is 9.10. The van der Waals surface area contributed by atoms with Crippen molar-refractivity contribution in [3.8, 4) is 0 Å². The minimum Gasteiger partial charge on any atom is -0.398 e. The van der Waals surface area contributed by atoms with E-state index in [2.05, 4.69) is 26.2 Å². The number of amides is 1. The predicted octanol–water partition coefficient (Wildman–Crippen LogP) is 3.98. The van der Waals surface area contributed by atoms with Crippen LogP contribution in [0.1, 0.15) is 47.2 Å². The van der Waals surface area contributed by atoms with Crippen molar-refractivity contribution in [3.63, 3.8) is 0 Å². The zero-order valence-corrected chi connectivity index (χ0v) is 16.3. The monoisotopic (exact) mass is 413 g/mol. The molecule has 26 heavy (non-hydrogen) atoms. The largest absolute Gasteiger partial charge is 0.398 e. The number of nitrogens with zero attached hydrogens (tertiary/aromatic N) is 1. The van der Waals surface area contributed by atoms with Crippen molar-refractivity contribution in [3.05, 3.63) is 57.6 Å². The number of nitrogen functional groups attached to an aromatic ring is 1. The van der Waals surface area contributed by atoms with E-state index < -0.39 is 0 Å². The van der Waals surface area contributed by atoms with Gasteiger partial charge in [-0.15, -0.1) is 0 Å². The number of nitrogens with two attached hydrogens (primary N) is 1. The van der Waals surface area contributed by atoms with Crippen molar-refractivity contribution < 1.29 is 9.59 Å². The molecule has 0 radical (unpaired) electrons. The van der Waals surface area contributed by atoms with Gasteiger partial charge in [-0.25, -0.2) is 4.99 Å². The van der Waals surface area contributed by atoms with Crippen LogP contribution in [0.4, 0.5) is 11.4 Å². The summed E-state index contributed by atoms with van der Waals surface area (Å²) in [4.78, 5) is 29.0. The summed E-state index contributed by atoms with van der Waals surface area (Å²) < 4.78 is 0.930. The summed E-state index contributed by atoms with van der Waals surface area (Å²) in [6.45, 7) is 1.54. The first-order valence-corrected chi connectivity index (χ1v) is 9.21. The molecule has 5 nitrogen and oxygen atoms in total. The number of carbonyl (C=O) groups is 2. The summed E-state index contributed by atoms with van der Waals surface area (Å²) in [5, 5.41) is 2.62. The van der Waals surface area contributed by atoms with Crippen LogP contribution in [0.25, 0.3) is 0 Å². The van der Waals surface area contributed by atoms with E-state index in [9.17, 15) is 9.59 Å². The maximum absolute atomic E-state index is 12.5. The van der Waals surface area contributed by atoms with E-state index >= 15 is 0 Å². The summed E-state index contributed by atoms with van der Waals surface area (Å²) in [5.74, 6) is 0.0142. The number of benzene rings is 2. The van der Waals surface area contributed by atoms with Gasteiger partial charge >= 0.3 is 0 Å². The number of Topliss-reactive ketones (excluding diaryl/α,β-unsaturated/α-hetero) is 1. The average Bonchev–Trinajstić information content (AvgIpc) is 3.45. The minimum absolute atomic E-state index is 0.0171. The van der Waals surface area contributed by atoms with Crippen LogP contribution in [-0.4, -0.2) is 24.4 Å². The van der Waals surface area contributed by atoms with Gasteiger partial charge in [0, 0.05) is 28.3 Å². The van der Waals surface area contributed by atoms with Crippen LogP contribution in [0.15, 0.2) is 45.9 Å². The number of anilines is 1. The molecule has 0 saturated heterocycles. The number of hydrogen-bond acceptors (Lipinski definition) is 4. The van der Waals surface area contributed by atoms with Crippen LogP contribution in [0, 0.1) is 0 Å². The number of aliphatic imine (C=N–C) groups is 1. The van der Waals surface area contributed by atoms with Crippen LogP contribution in [-0.2, 0) is 4.79 Å². The van der Waals surface area contributed by atoms with Crippen molar-refractivity contribution in [2.24, 2.45) is 4.99 Å². The average molecular weight is 414 g/mol. The Labute approximate surface area is 160 Å². The molecule has 0 unspecified atom stereocenters. The Kier molecular flexibility index (Phi) is 5.23. The molecule has 1 saturated carbocycles. The van der Waals surface area contributed by atoms with Gasteiger partial charge in [-0.3, -0.25) is 9.59 Å². The quantitative estimate of drug-likeness (QED) is 0.441. The first-order chi connectivity index (χ1) is 12.4. The molecule has 2 aromatic carbocycles. The summed E-state index contributed by atoms with van der Waals surface area (Å²) >= 11 is 3.39. The Morgan fingerprint density at radius 2 is 1.81 bits per heavy atom. The summed E-state index contributed by atoms with van der Waals surface area (Å²) in [5.41, 5.74) is 9.60. The van der Waals surface area contributed by atoms with Crippen molar-refractivity contribution in [2.75, 3.05) is 12.8 Å². The maximum Gasteiger partial charge on any atom is 0.270 e. The van der Waals surface area contributed by atoms with E-state index in [0.717, 1.165) is 22.9 Å². The van der Waals surface area contributed by atoms with Crippen molar-refractivity contribution in [2.45, 2.75) is 25.7 Å². The molecule has 0 aromatic heterocycles. The highest BCUT2D eigenvalue weighted by atomic mass is 79.9. The normalized spacial score (nSPS) is 14.2. The number of hydrogen-bond donors (Lipinski definition) is 2. The van der Waals surface area contributed by atoms with Crippen molar-refractivity contribution in [1.82, 2.24) is 5.32 Å². The molecular formula is C20H20BrN3O2. The first kappa shape index (κ1) is 18.3. The molecule has 0 atom stereocenters. The van der Waals surface area contributed by atoms with Gasteiger partial charge in [0.2, 0.25) is 0 Å². The third-order valence-corrected chi connectivity index (χ3v) is 4.91. The van der Waals surface area contributed by atoms with E-state index in [4.69, 9.17) is 5.73 Å². The Morgan fingerprint density at radius 1 is 1.15 bits per heavy atom. The van der Waals surface area contributed by atoms with Crippen molar-refractivity contribution >= 4 is 44.7 Å². The number of ketones is 1. The fourth-order valence-corrected chi connectivity index (χ4v) is 3.14. The first-order valence-electron chi connectivity index (χ1n) is 8.41. The van der Waals surface area contributed by atoms with Crippen LogP contribution in [0.2, 0.25) is 0 Å². The standard InChI is InChI=1S/C20H20BrN3O2/c1-11(25)15-10-18(22)17(9-16(15)12-3-4-12)19(20(26)23-2)24-14-7-5-13(21)6-8-14/h5-10,12H,3-4,22H2,1-2H3,(H,23,26). The number of halogens is 1. The Morgan fingerprint density at radius 3 is 2.35 bits per heavy atom. The topological polar surface area (TPSA) is 84.5 Å². The summed E-state index contributed by atoms with van der Waals surface area (Å²) in [6, 6.07) is 10.9. The zero-order valence-electron chi connectivity index (χ0n) is 14.7. The maximum atomic E-state index is 12.5. The van der Waals surface area contributed by atoms with Gasteiger partial charge in [0.1, 0.15) is 5.71 Å². The lowest BCUT2D eigenvalue weighted by atomic mass is 9.94. The van der Waals surface area contributed by atoms with Gasteiger partial charge in [-0.05, 0) is 67.6 Å². The molecule has 134 valence electrons. The molecule has 2 aromatic rings. The lowest BCUT2D eigenvalue weighted by Gasteiger charge is -2.14. The fraction of sp³-hybridized carbons (Fsp3) is 0.250. The predicted molar refractivity (Wildman–Crippen MR) is 107 cm³/mol. The fourth-order valence-electron chi connectivity index (χ4n) is 2.87. The van der Waals surface area contributed by atoms with Gasteiger partial charge in [0.15, 0.2) is 5.78 Å². The molecule has 0 heterocycles. The van der Waals surface area contributed by atoms with E-state index in [1.165, 1.54) is 6.92 Å². The minimum atomic E-state index is -0.322. The second-order valence-electron chi connectivity index (χ2n) is 6.37. The van der Waals surface area contributed by atoms with Crippen molar-refractivity contribution in [1.29, 1.82) is 0 Å². The summed E-state index contributed by atoms with van der Waals surface area (Å²) in [7, 11) is 1.56. The lowest BCUT2D eigenvalue weighted by molar-refractivity contribution is -0.114. The van der Waals surface area contributed by atoms with Crippen LogP contribution in [0.3, 0.4) is 0 Å². The molecule has 3 rings (SSSR count). The molecule has 0 bridgehead atoms. The second-order valence-corrected chi connectivity index (χ2v) is 7.29. The van der Waals surface area contributed by atoms with E-state index in [0.29, 0.717) is 28.4 Å². The van der Waals surface area contributed by atoms with Gasteiger partial charge in [0.25, 0.3) is 5.91 Å². The highest BCUT2D eigenvalue weighted by Crippen LogP contribution is 2.43. The molecule has 3 N–H and O–H groups in total. The molecule has 1 fully saturated rings. The van der Waals surface area contributed by atoms with E-state index in [-0.39, 0.29) is 17.4 Å². The third-order valence-electron chi connectivity index (χ3n) is 4.38. The van der Waals surface area contributed by atoms with Crippen LogP contribution >= 0.6 is 15.9 Å². The number of carbonyl (C=O) groups excluding carboxylic acids is 2. The van der Waals surface area contributed by atoms with Crippen LogP contribution in [0.5, 0.6) is 0 Å².